The maximum Gasteiger partial charge on any atom is 0.257 e. The molecule has 0 N–H and O–H groups in total. The molecule has 1 aromatic heterocycles. The Labute approximate surface area is 156 Å². The van der Waals surface area contributed by atoms with E-state index in [1.165, 1.54) is 11.1 Å². The van der Waals surface area contributed by atoms with E-state index in [4.69, 9.17) is 4.42 Å². The number of hydrogen-bond acceptors (Lipinski definition) is 3. The number of furan rings is 1. The van der Waals surface area contributed by atoms with Gasteiger partial charge in [0.2, 0.25) is 0 Å². The summed E-state index contributed by atoms with van der Waals surface area (Å²) >= 11 is 0. The third-order valence-corrected chi connectivity index (χ3v) is 5.51. The lowest BCUT2D eigenvalue weighted by atomic mass is 10.0. The van der Waals surface area contributed by atoms with Crippen molar-refractivity contribution in [2.45, 2.75) is 52.6 Å². The van der Waals surface area contributed by atoms with Gasteiger partial charge in [0.15, 0.2) is 0 Å². The fraction of sp³-hybridized carbons (Fsp3) is 0.500. The molecular weight excluding hydrogens is 324 g/mol. The molecule has 140 valence electrons. The van der Waals surface area contributed by atoms with Crippen molar-refractivity contribution >= 4 is 5.91 Å². The maximum absolute atomic E-state index is 12.8. The minimum atomic E-state index is 0.0840. The van der Waals surface area contributed by atoms with E-state index in [0.717, 1.165) is 38.2 Å². The number of carbonyl (C=O) groups excluding carboxylic acids is 1. The van der Waals surface area contributed by atoms with Gasteiger partial charge in [-0.3, -0.25) is 9.69 Å². The summed E-state index contributed by atoms with van der Waals surface area (Å²) in [5.41, 5.74) is 3.48. The molecule has 4 heteroatoms. The van der Waals surface area contributed by atoms with Crippen LogP contribution < -0.4 is 0 Å². The summed E-state index contributed by atoms with van der Waals surface area (Å²) in [5.74, 6) is 0.865. The van der Waals surface area contributed by atoms with E-state index in [9.17, 15) is 4.79 Å². The number of amides is 1. The molecule has 2 atom stereocenters. The summed E-state index contributed by atoms with van der Waals surface area (Å²) in [6.45, 7) is 11.2. The first-order valence-electron chi connectivity index (χ1n) is 9.60. The van der Waals surface area contributed by atoms with Gasteiger partial charge in [0.25, 0.3) is 5.91 Å². The van der Waals surface area contributed by atoms with Gasteiger partial charge in [-0.05, 0) is 64.3 Å². The zero-order valence-electron chi connectivity index (χ0n) is 16.4. The number of benzene rings is 1. The summed E-state index contributed by atoms with van der Waals surface area (Å²) < 4.78 is 5.31. The van der Waals surface area contributed by atoms with Gasteiger partial charge in [0.1, 0.15) is 12.0 Å². The summed E-state index contributed by atoms with van der Waals surface area (Å²) in [5, 5.41) is 0. The van der Waals surface area contributed by atoms with E-state index >= 15 is 0 Å². The second-order valence-corrected chi connectivity index (χ2v) is 7.63. The molecule has 1 aliphatic rings. The highest BCUT2D eigenvalue weighted by Crippen LogP contribution is 2.20. The summed E-state index contributed by atoms with van der Waals surface area (Å²) in [7, 11) is 0. The van der Waals surface area contributed by atoms with Gasteiger partial charge in [-0.25, -0.2) is 0 Å². The number of piperazine rings is 1. The molecule has 1 amide bonds. The number of hydrogen-bond donors (Lipinski definition) is 0. The molecule has 1 aromatic carbocycles. The first-order chi connectivity index (χ1) is 12.5. The van der Waals surface area contributed by atoms with Crippen molar-refractivity contribution in [3.05, 3.63) is 59.0 Å². The van der Waals surface area contributed by atoms with Gasteiger partial charge in [-0.2, -0.15) is 0 Å². The van der Waals surface area contributed by atoms with Gasteiger partial charge in [-0.1, -0.05) is 24.3 Å². The first-order valence-corrected chi connectivity index (χ1v) is 9.60. The first kappa shape index (κ1) is 18.7. The highest BCUT2D eigenvalue weighted by atomic mass is 16.3. The van der Waals surface area contributed by atoms with E-state index in [1.807, 2.05) is 17.9 Å². The lowest BCUT2D eigenvalue weighted by Crippen LogP contribution is -2.58. The van der Waals surface area contributed by atoms with Gasteiger partial charge in [-0.15, -0.1) is 0 Å². The molecule has 0 bridgehead atoms. The average molecular weight is 354 g/mol. The summed E-state index contributed by atoms with van der Waals surface area (Å²) in [4.78, 5) is 17.3. The number of aryl methyl sites for hydroxylation is 3. The van der Waals surface area contributed by atoms with E-state index in [-0.39, 0.29) is 11.9 Å². The van der Waals surface area contributed by atoms with Crippen LogP contribution in [-0.4, -0.2) is 47.4 Å². The van der Waals surface area contributed by atoms with Crippen LogP contribution >= 0.6 is 0 Å². The molecule has 2 heterocycles. The summed E-state index contributed by atoms with van der Waals surface area (Å²) in [6.07, 6.45) is 3.83. The van der Waals surface area contributed by atoms with E-state index in [2.05, 4.69) is 49.9 Å². The Bertz CT molecular complexity index is 752. The largest absolute Gasteiger partial charge is 0.469 e. The van der Waals surface area contributed by atoms with Crippen LogP contribution in [0.3, 0.4) is 0 Å². The van der Waals surface area contributed by atoms with Crippen molar-refractivity contribution in [1.82, 2.24) is 9.80 Å². The predicted molar refractivity (Wildman–Crippen MR) is 104 cm³/mol. The van der Waals surface area contributed by atoms with Crippen molar-refractivity contribution in [1.29, 1.82) is 0 Å². The minimum Gasteiger partial charge on any atom is -0.469 e. The Morgan fingerprint density at radius 2 is 1.92 bits per heavy atom. The molecule has 1 saturated heterocycles. The zero-order valence-corrected chi connectivity index (χ0v) is 16.4. The van der Waals surface area contributed by atoms with Crippen LogP contribution in [0.5, 0.6) is 0 Å². The topological polar surface area (TPSA) is 36.7 Å². The van der Waals surface area contributed by atoms with Crippen LogP contribution in [0.1, 0.15) is 47.5 Å². The van der Waals surface area contributed by atoms with Gasteiger partial charge < -0.3 is 9.32 Å². The molecule has 0 spiro atoms. The molecule has 0 saturated carbocycles. The van der Waals surface area contributed by atoms with Crippen LogP contribution in [0.2, 0.25) is 0 Å². The van der Waals surface area contributed by atoms with Gasteiger partial charge in [0, 0.05) is 25.2 Å². The van der Waals surface area contributed by atoms with Crippen molar-refractivity contribution < 1.29 is 9.21 Å². The molecule has 1 fully saturated rings. The predicted octanol–water partition coefficient (Wildman–Crippen LogP) is 4.06. The van der Waals surface area contributed by atoms with Crippen molar-refractivity contribution in [3.63, 3.8) is 0 Å². The highest BCUT2D eigenvalue weighted by molar-refractivity contribution is 5.94. The zero-order chi connectivity index (χ0) is 18.7. The molecular formula is C22H30N2O2. The molecule has 3 rings (SSSR count). The third-order valence-electron chi connectivity index (χ3n) is 5.51. The van der Waals surface area contributed by atoms with Crippen LogP contribution in [-0.2, 0) is 6.42 Å². The SMILES string of the molecule is Cc1cc(C(=O)N2CC(C)N(CCCc3ccccc3C)CC2C)co1. The number of carbonyl (C=O) groups is 1. The Balaban J connectivity index is 1.55. The maximum atomic E-state index is 12.8. The number of rotatable bonds is 5. The van der Waals surface area contributed by atoms with E-state index in [1.54, 1.807) is 6.26 Å². The molecule has 0 aliphatic carbocycles. The second-order valence-electron chi connectivity index (χ2n) is 7.63. The Morgan fingerprint density at radius 3 is 2.62 bits per heavy atom. The Kier molecular flexibility index (Phi) is 5.82. The molecule has 2 aromatic rings. The van der Waals surface area contributed by atoms with E-state index in [0.29, 0.717) is 11.6 Å². The van der Waals surface area contributed by atoms with Crippen LogP contribution in [0.25, 0.3) is 0 Å². The van der Waals surface area contributed by atoms with Gasteiger partial charge >= 0.3 is 0 Å². The van der Waals surface area contributed by atoms with Gasteiger partial charge in [0.05, 0.1) is 5.56 Å². The second kappa shape index (κ2) is 8.09. The Hall–Kier alpha value is -2.07. The normalized spacial score (nSPS) is 21.2. The monoisotopic (exact) mass is 354 g/mol. The molecule has 2 unspecified atom stereocenters. The standard InChI is InChI=1S/C22H30N2O2/c1-16-8-5-6-9-20(16)10-7-11-23-13-18(3)24(14-17(23)2)22(25)21-12-19(4)26-15-21/h5-6,8-9,12,15,17-18H,7,10-11,13-14H2,1-4H3. The molecule has 1 aliphatic heterocycles. The average Bonchev–Trinajstić information content (AvgIpc) is 3.05. The smallest absolute Gasteiger partial charge is 0.257 e. The van der Waals surface area contributed by atoms with Crippen molar-refractivity contribution in [2.75, 3.05) is 19.6 Å². The fourth-order valence-electron chi connectivity index (χ4n) is 3.88. The molecule has 4 nitrogen and oxygen atoms in total. The van der Waals surface area contributed by atoms with E-state index < -0.39 is 0 Å². The minimum absolute atomic E-state index is 0.0840. The Morgan fingerprint density at radius 1 is 1.15 bits per heavy atom. The fourth-order valence-corrected chi connectivity index (χ4v) is 3.88. The lowest BCUT2D eigenvalue weighted by Gasteiger charge is -2.44. The van der Waals surface area contributed by atoms with Crippen molar-refractivity contribution in [3.8, 4) is 0 Å². The molecule has 26 heavy (non-hydrogen) atoms. The summed E-state index contributed by atoms with van der Waals surface area (Å²) in [6, 6.07) is 11.0. The lowest BCUT2D eigenvalue weighted by molar-refractivity contribution is 0.0314. The third kappa shape index (κ3) is 4.18. The van der Waals surface area contributed by atoms with Crippen molar-refractivity contribution in [2.24, 2.45) is 0 Å². The quantitative estimate of drug-likeness (QED) is 0.812. The number of nitrogens with zero attached hydrogens (tertiary/aromatic N) is 2. The van der Waals surface area contributed by atoms with Crippen LogP contribution in [0.15, 0.2) is 41.0 Å². The van der Waals surface area contributed by atoms with Crippen LogP contribution in [0, 0.1) is 13.8 Å². The van der Waals surface area contributed by atoms with Crippen LogP contribution in [0.4, 0.5) is 0 Å². The molecule has 0 radical (unpaired) electrons. The highest BCUT2D eigenvalue weighted by Gasteiger charge is 2.32.